The molecule has 0 spiro atoms. The van der Waals surface area contributed by atoms with Crippen molar-refractivity contribution in [1.29, 1.82) is 0 Å². The fourth-order valence-electron chi connectivity index (χ4n) is 1.67. The molecule has 0 atom stereocenters. The van der Waals surface area contributed by atoms with Crippen molar-refractivity contribution in [3.8, 4) is 17.1 Å². The summed E-state index contributed by atoms with van der Waals surface area (Å²) in [5.74, 6) is 1.41. The van der Waals surface area contributed by atoms with Crippen LogP contribution in [0, 0.1) is 0 Å². The van der Waals surface area contributed by atoms with Gasteiger partial charge in [-0.05, 0) is 18.2 Å². The summed E-state index contributed by atoms with van der Waals surface area (Å²) in [4.78, 5) is 0. The molecule has 1 aromatic heterocycles. The van der Waals surface area contributed by atoms with Crippen molar-refractivity contribution in [1.82, 2.24) is 14.8 Å². The summed E-state index contributed by atoms with van der Waals surface area (Å²) in [5, 5.41) is 8.65. The van der Waals surface area contributed by atoms with Crippen LogP contribution in [0.15, 0.2) is 24.5 Å². The molecule has 96 valence electrons. The first-order valence-corrected chi connectivity index (χ1v) is 5.84. The highest BCUT2D eigenvalue weighted by molar-refractivity contribution is 6.30. The first-order chi connectivity index (χ1) is 8.76. The summed E-state index contributed by atoms with van der Waals surface area (Å²) in [7, 11) is 3.26. The Morgan fingerprint density at radius 3 is 2.89 bits per heavy atom. The van der Waals surface area contributed by atoms with Crippen molar-refractivity contribution >= 4 is 11.6 Å². The van der Waals surface area contributed by atoms with Crippen LogP contribution in [0.1, 0.15) is 0 Å². The van der Waals surface area contributed by atoms with E-state index in [0.717, 1.165) is 11.4 Å². The zero-order chi connectivity index (χ0) is 13.0. The highest BCUT2D eigenvalue weighted by Crippen LogP contribution is 2.30. The summed E-state index contributed by atoms with van der Waals surface area (Å²) in [6.07, 6.45) is 1.67. The number of aromatic nitrogens is 3. The molecule has 0 aliphatic rings. The highest BCUT2D eigenvalue weighted by atomic mass is 35.5. The Morgan fingerprint density at radius 1 is 1.33 bits per heavy atom. The van der Waals surface area contributed by atoms with Gasteiger partial charge in [-0.2, -0.15) is 0 Å². The first-order valence-electron chi connectivity index (χ1n) is 5.47. The Labute approximate surface area is 110 Å². The molecule has 0 fully saturated rings. The molecule has 2 rings (SSSR count). The molecule has 0 radical (unpaired) electrons. The topological polar surface area (TPSA) is 49.2 Å². The van der Waals surface area contributed by atoms with Crippen LogP contribution in [-0.4, -0.2) is 35.6 Å². The highest BCUT2D eigenvalue weighted by Gasteiger charge is 2.12. The Kier molecular flexibility index (Phi) is 4.17. The van der Waals surface area contributed by atoms with Crippen LogP contribution < -0.4 is 4.74 Å². The van der Waals surface area contributed by atoms with Crippen molar-refractivity contribution in [3.05, 3.63) is 29.5 Å². The normalized spacial score (nSPS) is 10.6. The zero-order valence-corrected chi connectivity index (χ0v) is 11.0. The minimum Gasteiger partial charge on any atom is -0.496 e. The molecule has 0 unspecified atom stereocenters. The molecule has 0 aliphatic carbocycles. The van der Waals surface area contributed by atoms with Gasteiger partial charge >= 0.3 is 0 Å². The third kappa shape index (κ3) is 2.63. The molecule has 0 saturated heterocycles. The largest absolute Gasteiger partial charge is 0.496 e. The molecule has 0 aliphatic heterocycles. The predicted molar refractivity (Wildman–Crippen MR) is 68.9 cm³/mol. The van der Waals surface area contributed by atoms with Crippen molar-refractivity contribution in [2.45, 2.75) is 6.54 Å². The minimum absolute atomic E-state index is 0.598. The van der Waals surface area contributed by atoms with Crippen LogP contribution in [0.3, 0.4) is 0 Å². The average Bonchev–Trinajstić information content (AvgIpc) is 2.84. The monoisotopic (exact) mass is 267 g/mol. The lowest BCUT2D eigenvalue weighted by Crippen LogP contribution is -2.05. The fraction of sp³-hybridized carbons (Fsp3) is 0.333. The van der Waals surface area contributed by atoms with Gasteiger partial charge in [0.2, 0.25) is 0 Å². The number of hydrogen-bond acceptors (Lipinski definition) is 4. The van der Waals surface area contributed by atoms with Gasteiger partial charge in [-0.25, -0.2) is 0 Å². The summed E-state index contributed by atoms with van der Waals surface area (Å²) in [6.45, 7) is 1.28. The first kappa shape index (κ1) is 12.9. The standard InChI is InChI=1S/C12H14ClN3O2/c1-17-6-5-16-8-14-15-12(16)10-4-3-9(13)7-11(10)18-2/h3-4,7-8H,5-6H2,1-2H3. The molecule has 1 heterocycles. The average molecular weight is 268 g/mol. The summed E-state index contributed by atoms with van der Waals surface area (Å²) in [6, 6.07) is 5.43. The minimum atomic E-state index is 0.598. The number of hydrogen-bond donors (Lipinski definition) is 0. The van der Waals surface area contributed by atoms with Gasteiger partial charge in [-0.3, -0.25) is 0 Å². The molecule has 5 nitrogen and oxygen atoms in total. The van der Waals surface area contributed by atoms with E-state index in [0.29, 0.717) is 23.9 Å². The van der Waals surface area contributed by atoms with Gasteiger partial charge in [0.25, 0.3) is 0 Å². The van der Waals surface area contributed by atoms with E-state index in [1.165, 1.54) is 0 Å². The SMILES string of the molecule is COCCn1cnnc1-c1ccc(Cl)cc1OC. The molecule has 18 heavy (non-hydrogen) atoms. The molecule has 0 bridgehead atoms. The van der Waals surface area contributed by atoms with Crippen LogP contribution in [0.5, 0.6) is 5.75 Å². The van der Waals surface area contributed by atoms with Crippen LogP contribution in [0.25, 0.3) is 11.4 Å². The van der Waals surface area contributed by atoms with Crippen molar-refractivity contribution < 1.29 is 9.47 Å². The summed E-state index contributed by atoms with van der Waals surface area (Å²) >= 11 is 5.94. The quantitative estimate of drug-likeness (QED) is 0.834. The van der Waals surface area contributed by atoms with E-state index >= 15 is 0 Å². The van der Waals surface area contributed by atoms with Gasteiger partial charge < -0.3 is 14.0 Å². The molecule has 6 heteroatoms. The van der Waals surface area contributed by atoms with Gasteiger partial charge in [0.1, 0.15) is 12.1 Å². The maximum atomic E-state index is 5.94. The van der Waals surface area contributed by atoms with E-state index in [-0.39, 0.29) is 0 Å². The zero-order valence-electron chi connectivity index (χ0n) is 10.3. The lowest BCUT2D eigenvalue weighted by molar-refractivity contribution is 0.187. The second kappa shape index (κ2) is 5.84. The summed E-state index contributed by atoms with van der Waals surface area (Å²) < 4.78 is 12.3. The molecule has 2 aromatic rings. The van der Waals surface area contributed by atoms with Crippen LogP contribution in [0.4, 0.5) is 0 Å². The van der Waals surface area contributed by atoms with Crippen molar-refractivity contribution in [2.75, 3.05) is 20.8 Å². The number of halogens is 1. The maximum Gasteiger partial charge on any atom is 0.167 e. The Hall–Kier alpha value is -1.59. The third-order valence-corrected chi connectivity index (χ3v) is 2.79. The maximum absolute atomic E-state index is 5.94. The second-order valence-electron chi connectivity index (χ2n) is 3.69. The van der Waals surface area contributed by atoms with E-state index in [9.17, 15) is 0 Å². The fourth-order valence-corrected chi connectivity index (χ4v) is 1.83. The van der Waals surface area contributed by atoms with Crippen molar-refractivity contribution in [2.24, 2.45) is 0 Å². The third-order valence-electron chi connectivity index (χ3n) is 2.56. The van der Waals surface area contributed by atoms with Crippen LogP contribution >= 0.6 is 11.6 Å². The number of benzene rings is 1. The van der Waals surface area contributed by atoms with E-state index < -0.39 is 0 Å². The molecular formula is C12H14ClN3O2. The van der Waals surface area contributed by atoms with Crippen LogP contribution in [-0.2, 0) is 11.3 Å². The van der Waals surface area contributed by atoms with Gasteiger partial charge in [-0.15, -0.1) is 10.2 Å². The van der Waals surface area contributed by atoms with E-state index in [2.05, 4.69) is 10.2 Å². The Balaban J connectivity index is 2.39. The van der Waals surface area contributed by atoms with Gasteiger partial charge in [0, 0.05) is 18.7 Å². The number of rotatable bonds is 5. The van der Waals surface area contributed by atoms with E-state index in [1.807, 2.05) is 10.6 Å². The van der Waals surface area contributed by atoms with Gasteiger partial charge in [0.15, 0.2) is 5.82 Å². The number of methoxy groups -OCH3 is 2. The second-order valence-corrected chi connectivity index (χ2v) is 4.12. The molecule has 0 saturated carbocycles. The van der Waals surface area contributed by atoms with Gasteiger partial charge in [-0.1, -0.05) is 11.6 Å². The predicted octanol–water partition coefficient (Wildman–Crippen LogP) is 2.25. The van der Waals surface area contributed by atoms with Crippen molar-refractivity contribution in [3.63, 3.8) is 0 Å². The molecule has 0 N–H and O–H groups in total. The Morgan fingerprint density at radius 2 is 2.17 bits per heavy atom. The van der Waals surface area contributed by atoms with E-state index in [1.54, 1.807) is 32.7 Å². The smallest absolute Gasteiger partial charge is 0.167 e. The van der Waals surface area contributed by atoms with E-state index in [4.69, 9.17) is 21.1 Å². The lowest BCUT2D eigenvalue weighted by Gasteiger charge is -2.10. The lowest BCUT2D eigenvalue weighted by atomic mass is 10.2. The number of ether oxygens (including phenoxy) is 2. The molecule has 1 aromatic carbocycles. The Bertz CT molecular complexity index is 528. The van der Waals surface area contributed by atoms with Crippen LogP contribution in [0.2, 0.25) is 5.02 Å². The molecule has 0 amide bonds. The summed E-state index contributed by atoms with van der Waals surface area (Å²) in [5.41, 5.74) is 0.857. The molecular weight excluding hydrogens is 254 g/mol. The number of nitrogens with zero attached hydrogens (tertiary/aromatic N) is 3. The van der Waals surface area contributed by atoms with Gasteiger partial charge in [0.05, 0.1) is 19.3 Å².